The Balaban J connectivity index is -0.0000000422. The molecular weight excluding hydrogens is 315 g/mol. The van der Waals surface area contributed by atoms with Gasteiger partial charge in [-0.2, -0.15) is 0 Å². The van der Waals surface area contributed by atoms with Gasteiger partial charge in [0.25, 0.3) is 0 Å². The van der Waals surface area contributed by atoms with Crippen molar-refractivity contribution in [2.75, 3.05) is 0 Å². The minimum Gasteiger partial charge on any atom is -0.412 e. The molecule has 0 saturated heterocycles. The molecule has 0 unspecified atom stereocenters. The van der Waals surface area contributed by atoms with Crippen LogP contribution in [0.4, 0.5) is 0 Å². The molecule has 8 nitrogen and oxygen atoms in total. The van der Waals surface area contributed by atoms with Gasteiger partial charge in [0.1, 0.15) is 0 Å². The minimum atomic E-state index is 0. The lowest BCUT2D eigenvalue weighted by Gasteiger charge is -1.96. The quantitative estimate of drug-likeness (QED) is 0.579. The van der Waals surface area contributed by atoms with E-state index in [0.29, 0.717) is 0 Å². The summed E-state index contributed by atoms with van der Waals surface area (Å²) in [6.07, 6.45) is 3.54. The van der Waals surface area contributed by atoms with Crippen molar-refractivity contribution in [1.82, 2.24) is 9.97 Å². The van der Waals surface area contributed by atoms with E-state index in [1.807, 2.05) is 36.4 Å². The number of rotatable bonds is 1. The van der Waals surface area contributed by atoms with Crippen LogP contribution in [0.1, 0.15) is 0 Å². The van der Waals surface area contributed by atoms with Gasteiger partial charge in [-0.25, -0.2) is 0 Å². The Hall–Kier alpha value is -1.36. The summed E-state index contributed by atoms with van der Waals surface area (Å²) in [6.45, 7) is 0. The number of pyridine rings is 2. The maximum Gasteiger partial charge on any atom is 0.0886 e. The van der Waals surface area contributed by atoms with Crippen molar-refractivity contribution < 1.29 is 32.9 Å². The first kappa shape index (κ1) is 42.8. The van der Waals surface area contributed by atoms with E-state index in [-0.39, 0.29) is 57.7 Å². The normalized spacial score (nSPS) is 5.80. The van der Waals surface area contributed by atoms with E-state index in [2.05, 4.69) is 9.97 Å². The molecule has 0 fully saturated rings. The standard InChI is InChI=1S/C10H8N2.2ClH.6H2O/c1-3-7-11-9(5-1)10-6-2-4-8-12-10;;;;;;;;/h1-8H;2*1H;6*1H2. The molecule has 0 spiro atoms. The summed E-state index contributed by atoms with van der Waals surface area (Å²) < 4.78 is 0. The second kappa shape index (κ2) is 22.8. The zero-order valence-corrected chi connectivity index (χ0v) is 12.0. The Bertz CT molecular complexity index is 331. The molecule has 0 aliphatic rings. The lowest BCUT2D eigenvalue weighted by Crippen LogP contribution is -1.83. The molecule has 2 rings (SSSR count). The Morgan fingerprint density at radius 2 is 0.800 bits per heavy atom. The van der Waals surface area contributed by atoms with Gasteiger partial charge in [-0.1, -0.05) is 12.1 Å². The number of halogens is 2. The van der Waals surface area contributed by atoms with Gasteiger partial charge in [-0.15, -0.1) is 24.8 Å². The van der Waals surface area contributed by atoms with E-state index in [1.54, 1.807) is 12.4 Å². The molecule has 2 heterocycles. The van der Waals surface area contributed by atoms with Crippen molar-refractivity contribution in [3.63, 3.8) is 0 Å². The van der Waals surface area contributed by atoms with Crippen LogP contribution in [-0.2, 0) is 0 Å². The topological polar surface area (TPSA) is 215 Å². The fourth-order valence-electron chi connectivity index (χ4n) is 1.03. The summed E-state index contributed by atoms with van der Waals surface area (Å²) in [5, 5.41) is 0. The Morgan fingerprint density at radius 1 is 0.500 bits per heavy atom. The third kappa shape index (κ3) is 11.7. The van der Waals surface area contributed by atoms with Gasteiger partial charge in [0, 0.05) is 12.4 Å². The van der Waals surface area contributed by atoms with E-state index in [9.17, 15) is 0 Å². The minimum absolute atomic E-state index is 0. The largest absolute Gasteiger partial charge is 0.412 e. The molecule has 0 radical (unpaired) electrons. The molecule has 0 aliphatic heterocycles. The molecule has 0 amide bonds. The fraction of sp³-hybridized carbons (Fsp3) is 0. The Morgan fingerprint density at radius 3 is 1.00 bits per heavy atom. The van der Waals surface area contributed by atoms with Crippen molar-refractivity contribution in [1.29, 1.82) is 0 Å². The Labute approximate surface area is 128 Å². The lowest BCUT2D eigenvalue weighted by molar-refractivity contribution is 0.823. The summed E-state index contributed by atoms with van der Waals surface area (Å²) in [6, 6.07) is 11.6. The molecule has 0 aromatic carbocycles. The first-order chi connectivity index (χ1) is 5.97. The lowest BCUT2D eigenvalue weighted by atomic mass is 10.2. The highest BCUT2D eigenvalue weighted by Crippen LogP contribution is 2.10. The highest BCUT2D eigenvalue weighted by atomic mass is 35.5. The molecule has 0 aliphatic carbocycles. The number of hydrogen-bond acceptors (Lipinski definition) is 2. The predicted octanol–water partition coefficient (Wildman–Crippen LogP) is -1.96. The van der Waals surface area contributed by atoms with E-state index in [4.69, 9.17) is 0 Å². The van der Waals surface area contributed by atoms with Crippen molar-refractivity contribution in [2.45, 2.75) is 0 Å². The molecule has 0 bridgehead atoms. The van der Waals surface area contributed by atoms with Gasteiger partial charge in [0.15, 0.2) is 0 Å². The van der Waals surface area contributed by atoms with Gasteiger partial charge >= 0.3 is 0 Å². The van der Waals surface area contributed by atoms with Crippen LogP contribution in [0.25, 0.3) is 11.4 Å². The first-order valence-corrected chi connectivity index (χ1v) is 3.79. The van der Waals surface area contributed by atoms with Crippen LogP contribution in [0.3, 0.4) is 0 Å². The van der Waals surface area contributed by atoms with Crippen LogP contribution >= 0.6 is 24.8 Å². The van der Waals surface area contributed by atoms with Crippen LogP contribution in [0.2, 0.25) is 0 Å². The van der Waals surface area contributed by atoms with Gasteiger partial charge < -0.3 is 32.9 Å². The third-order valence-corrected chi connectivity index (χ3v) is 1.59. The second-order valence-corrected chi connectivity index (χ2v) is 2.43. The maximum absolute atomic E-state index is 4.19. The zero-order chi connectivity index (χ0) is 8.23. The second-order valence-electron chi connectivity index (χ2n) is 2.43. The average molecular weight is 337 g/mol. The monoisotopic (exact) mass is 336 g/mol. The predicted molar refractivity (Wildman–Crippen MR) is 83.6 cm³/mol. The summed E-state index contributed by atoms with van der Waals surface area (Å²) in [5.41, 5.74) is 1.83. The van der Waals surface area contributed by atoms with Gasteiger partial charge in [-0.3, -0.25) is 9.97 Å². The molecule has 2 aromatic rings. The Kier molecular flexibility index (Phi) is 48.8. The molecule has 0 saturated carbocycles. The van der Waals surface area contributed by atoms with E-state index < -0.39 is 0 Å². The molecule has 10 heteroatoms. The first-order valence-electron chi connectivity index (χ1n) is 3.79. The average Bonchev–Trinajstić information content (AvgIpc) is 2.21. The van der Waals surface area contributed by atoms with Crippen LogP contribution in [-0.4, -0.2) is 42.8 Å². The molecular formula is C10H22Cl2N2O6. The molecule has 20 heavy (non-hydrogen) atoms. The highest BCUT2D eigenvalue weighted by Gasteiger charge is 1.95. The van der Waals surface area contributed by atoms with Gasteiger partial charge in [0.2, 0.25) is 0 Å². The van der Waals surface area contributed by atoms with E-state index in [1.165, 1.54) is 0 Å². The summed E-state index contributed by atoms with van der Waals surface area (Å²) >= 11 is 0. The van der Waals surface area contributed by atoms with E-state index >= 15 is 0 Å². The smallest absolute Gasteiger partial charge is 0.0886 e. The van der Waals surface area contributed by atoms with Gasteiger partial charge in [-0.05, 0) is 24.3 Å². The molecule has 0 atom stereocenters. The zero-order valence-electron chi connectivity index (χ0n) is 10.3. The van der Waals surface area contributed by atoms with Crippen LogP contribution < -0.4 is 0 Å². The maximum atomic E-state index is 4.19. The van der Waals surface area contributed by atoms with Crippen LogP contribution in [0.5, 0.6) is 0 Å². The van der Waals surface area contributed by atoms with Crippen molar-refractivity contribution in [3.05, 3.63) is 48.8 Å². The molecule has 12 N–H and O–H groups in total. The van der Waals surface area contributed by atoms with Gasteiger partial charge in [0.05, 0.1) is 11.4 Å². The van der Waals surface area contributed by atoms with Crippen molar-refractivity contribution in [3.8, 4) is 11.4 Å². The molecule has 122 valence electrons. The SMILES string of the molecule is Cl.Cl.O.O.O.O.O.O.c1ccc(-c2ccccn2)nc1. The number of aromatic nitrogens is 2. The summed E-state index contributed by atoms with van der Waals surface area (Å²) in [5.74, 6) is 0. The third-order valence-electron chi connectivity index (χ3n) is 1.59. The number of nitrogens with zero attached hydrogens (tertiary/aromatic N) is 2. The van der Waals surface area contributed by atoms with E-state index in [0.717, 1.165) is 11.4 Å². The van der Waals surface area contributed by atoms with Crippen molar-refractivity contribution >= 4 is 24.8 Å². The van der Waals surface area contributed by atoms with Crippen LogP contribution in [0, 0.1) is 0 Å². The highest BCUT2D eigenvalue weighted by molar-refractivity contribution is 5.85. The fourth-order valence-corrected chi connectivity index (χ4v) is 1.03. The van der Waals surface area contributed by atoms with Crippen LogP contribution in [0.15, 0.2) is 48.8 Å². The summed E-state index contributed by atoms with van der Waals surface area (Å²) in [7, 11) is 0. The summed E-state index contributed by atoms with van der Waals surface area (Å²) in [4.78, 5) is 8.37. The number of hydrogen-bond donors (Lipinski definition) is 0. The van der Waals surface area contributed by atoms with Crippen molar-refractivity contribution in [2.24, 2.45) is 0 Å². The molecule has 2 aromatic heterocycles.